The number of hydrogen-bond acceptors (Lipinski definition) is 5. The van der Waals surface area contributed by atoms with Crippen LogP contribution in [0.25, 0.3) is 0 Å². The van der Waals surface area contributed by atoms with E-state index < -0.39 is 27.9 Å². The molecule has 0 radical (unpaired) electrons. The first kappa shape index (κ1) is 22.4. The summed E-state index contributed by atoms with van der Waals surface area (Å²) in [5.74, 6) is -1.09. The molecule has 0 unspecified atom stereocenters. The van der Waals surface area contributed by atoms with Gasteiger partial charge in [0.05, 0.1) is 17.7 Å². The highest BCUT2D eigenvalue weighted by Crippen LogP contribution is 2.22. The van der Waals surface area contributed by atoms with E-state index in [1.165, 1.54) is 42.7 Å². The van der Waals surface area contributed by atoms with Crippen molar-refractivity contribution in [1.29, 1.82) is 0 Å². The minimum absolute atomic E-state index is 0.0619. The molecule has 0 fully saturated rings. The van der Waals surface area contributed by atoms with Gasteiger partial charge in [-0.05, 0) is 42.3 Å². The molecule has 0 aliphatic rings. The first-order valence-corrected chi connectivity index (χ1v) is 10.7. The molecule has 0 spiro atoms. The summed E-state index contributed by atoms with van der Waals surface area (Å²) in [6, 6.07) is 13.5. The number of benzene rings is 2. The van der Waals surface area contributed by atoms with E-state index in [4.69, 9.17) is 4.74 Å². The molecular weight excluding hydrogens is 392 g/mol. The third-order valence-corrected chi connectivity index (χ3v) is 6.65. The van der Waals surface area contributed by atoms with Gasteiger partial charge in [0.25, 0.3) is 15.9 Å². The quantitative estimate of drug-likeness (QED) is 0.666. The van der Waals surface area contributed by atoms with Gasteiger partial charge in [0.1, 0.15) is 6.04 Å². The van der Waals surface area contributed by atoms with Gasteiger partial charge in [0.2, 0.25) is 0 Å². The second-order valence-electron chi connectivity index (χ2n) is 6.69. The highest BCUT2D eigenvalue weighted by molar-refractivity contribution is 7.92. The number of anilines is 1. The summed E-state index contributed by atoms with van der Waals surface area (Å²) < 4.78 is 31.6. The van der Waals surface area contributed by atoms with Crippen LogP contribution in [-0.2, 0) is 19.6 Å². The standard InChI is InChI=1S/C21H26N2O5S/c1-5-15(2)19(21(25)28-4)22-20(24)16-11-13-18(14-12-16)29(26,27)23(3)17-9-7-6-8-10-17/h6-15,19H,5H2,1-4H3,(H,22,24)/t15-,19-/m0/s1. The Morgan fingerprint density at radius 3 is 2.17 bits per heavy atom. The van der Waals surface area contributed by atoms with Crippen LogP contribution in [0.15, 0.2) is 59.5 Å². The number of esters is 1. The monoisotopic (exact) mass is 418 g/mol. The van der Waals surface area contributed by atoms with E-state index in [-0.39, 0.29) is 16.4 Å². The van der Waals surface area contributed by atoms with Gasteiger partial charge < -0.3 is 10.1 Å². The van der Waals surface area contributed by atoms with Gasteiger partial charge in [-0.25, -0.2) is 13.2 Å². The third kappa shape index (κ3) is 5.14. The maximum Gasteiger partial charge on any atom is 0.328 e. The summed E-state index contributed by atoms with van der Waals surface area (Å²) in [6.45, 7) is 3.76. The van der Waals surface area contributed by atoms with Crippen molar-refractivity contribution in [3.05, 3.63) is 60.2 Å². The Morgan fingerprint density at radius 1 is 1.07 bits per heavy atom. The fraction of sp³-hybridized carbons (Fsp3) is 0.333. The predicted octanol–water partition coefficient (Wildman–Crippen LogP) is 2.83. The fourth-order valence-electron chi connectivity index (χ4n) is 2.73. The molecule has 2 aromatic rings. The number of carbonyl (C=O) groups excluding carboxylic acids is 2. The number of rotatable bonds is 8. The molecule has 0 bridgehead atoms. The summed E-state index contributed by atoms with van der Waals surface area (Å²) >= 11 is 0. The Morgan fingerprint density at radius 2 is 1.66 bits per heavy atom. The zero-order valence-corrected chi connectivity index (χ0v) is 17.8. The number of ether oxygens (including phenoxy) is 1. The molecule has 1 amide bonds. The van der Waals surface area contributed by atoms with E-state index in [9.17, 15) is 18.0 Å². The lowest BCUT2D eigenvalue weighted by molar-refractivity contribution is -0.144. The van der Waals surface area contributed by atoms with Crippen LogP contribution in [0.4, 0.5) is 5.69 Å². The average Bonchev–Trinajstić information content (AvgIpc) is 2.76. The van der Waals surface area contributed by atoms with Crippen LogP contribution < -0.4 is 9.62 Å². The van der Waals surface area contributed by atoms with Crippen molar-refractivity contribution < 1.29 is 22.7 Å². The van der Waals surface area contributed by atoms with Crippen molar-refractivity contribution in [3.8, 4) is 0 Å². The van der Waals surface area contributed by atoms with E-state index in [0.717, 1.165) is 0 Å². The normalized spacial score (nSPS) is 13.2. The van der Waals surface area contributed by atoms with Crippen molar-refractivity contribution in [1.82, 2.24) is 5.32 Å². The summed E-state index contributed by atoms with van der Waals surface area (Å²) in [4.78, 5) is 24.5. The molecule has 0 aliphatic carbocycles. The number of hydrogen-bond donors (Lipinski definition) is 1. The molecular formula is C21H26N2O5S. The Bertz CT molecular complexity index is 943. The van der Waals surface area contributed by atoms with E-state index in [2.05, 4.69) is 5.32 Å². The first-order chi connectivity index (χ1) is 13.7. The molecule has 7 nitrogen and oxygen atoms in total. The van der Waals surface area contributed by atoms with E-state index >= 15 is 0 Å². The van der Waals surface area contributed by atoms with Crippen molar-refractivity contribution in [2.24, 2.45) is 5.92 Å². The van der Waals surface area contributed by atoms with Crippen LogP contribution in [-0.4, -0.2) is 40.5 Å². The molecule has 1 N–H and O–H groups in total. The van der Waals surface area contributed by atoms with Gasteiger partial charge >= 0.3 is 5.97 Å². The van der Waals surface area contributed by atoms with E-state index in [1.807, 2.05) is 13.8 Å². The molecule has 0 aromatic heterocycles. The van der Waals surface area contributed by atoms with Crippen molar-refractivity contribution in [2.75, 3.05) is 18.5 Å². The number of methoxy groups -OCH3 is 1. The third-order valence-electron chi connectivity index (χ3n) is 4.85. The topological polar surface area (TPSA) is 92.8 Å². The number of sulfonamides is 1. The molecule has 0 saturated heterocycles. The SMILES string of the molecule is CC[C@H](C)[C@H](NC(=O)c1ccc(S(=O)(=O)N(C)c2ccccc2)cc1)C(=O)OC. The number of nitrogens with one attached hydrogen (secondary N) is 1. The summed E-state index contributed by atoms with van der Waals surface area (Å²) in [6.07, 6.45) is 0.684. The van der Waals surface area contributed by atoms with Crippen LogP contribution in [0.3, 0.4) is 0 Å². The van der Waals surface area contributed by atoms with Crippen LogP contribution >= 0.6 is 0 Å². The smallest absolute Gasteiger partial charge is 0.328 e. The fourth-order valence-corrected chi connectivity index (χ4v) is 3.93. The Labute approximate surface area is 171 Å². The van der Waals surface area contributed by atoms with Crippen LogP contribution in [0, 0.1) is 5.92 Å². The number of amides is 1. The van der Waals surface area contributed by atoms with Crippen LogP contribution in [0.5, 0.6) is 0 Å². The van der Waals surface area contributed by atoms with E-state index in [0.29, 0.717) is 12.1 Å². The number of para-hydroxylation sites is 1. The minimum atomic E-state index is -3.76. The number of carbonyl (C=O) groups is 2. The lowest BCUT2D eigenvalue weighted by atomic mass is 9.99. The molecule has 0 saturated carbocycles. The summed E-state index contributed by atoms with van der Waals surface area (Å²) in [5, 5.41) is 2.67. The molecule has 8 heteroatoms. The van der Waals surface area contributed by atoms with Gasteiger partial charge in [0.15, 0.2) is 0 Å². The molecule has 0 heterocycles. The lowest BCUT2D eigenvalue weighted by Crippen LogP contribution is -2.45. The second-order valence-corrected chi connectivity index (χ2v) is 8.66. The molecule has 2 atom stereocenters. The molecule has 2 rings (SSSR count). The van der Waals surface area contributed by atoms with Crippen molar-refractivity contribution in [3.63, 3.8) is 0 Å². The molecule has 0 aliphatic heterocycles. The first-order valence-electron chi connectivity index (χ1n) is 9.25. The molecule has 2 aromatic carbocycles. The molecule has 29 heavy (non-hydrogen) atoms. The van der Waals surface area contributed by atoms with Crippen LogP contribution in [0.1, 0.15) is 30.6 Å². The largest absolute Gasteiger partial charge is 0.467 e. The van der Waals surface area contributed by atoms with Gasteiger partial charge in [-0.2, -0.15) is 0 Å². The zero-order valence-electron chi connectivity index (χ0n) is 17.0. The van der Waals surface area contributed by atoms with Gasteiger partial charge in [-0.3, -0.25) is 9.10 Å². The average molecular weight is 419 g/mol. The summed E-state index contributed by atoms with van der Waals surface area (Å²) in [5.41, 5.74) is 0.785. The van der Waals surface area contributed by atoms with Crippen molar-refractivity contribution in [2.45, 2.75) is 31.2 Å². The van der Waals surface area contributed by atoms with E-state index in [1.54, 1.807) is 30.3 Å². The van der Waals surface area contributed by atoms with Gasteiger partial charge in [-0.1, -0.05) is 38.5 Å². The maximum absolute atomic E-state index is 12.8. The Balaban J connectivity index is 2.20. The van der Waals surface area contributed by atoms with Gasteiger partial charge in [0, 0.05) is 12.6 Å². The highest BCUT2D eigenvalue weighted by Gasteiger charge is 2.27. The Hall–Kier alpha value is -2.87. The maximum atomic E-state index is 12.8. The molecule has 156 valence electrons. The zero-order chi connectivity index (χ0) is 21.6. The second kappa shape index (κ2) is 9.56. The van der Waals surface area contributed by atoms with Crippen molar-refractivity contribution >= 4 is 27.6 Å². The summed E-state index contributed by atoms with van der Waals surface area (Å²) in [7, 11) is -1.02. The predicted molar refractivity (Wildman–Crippen MR) is 111 cm³/mol. The van der Waals surface area contributed by atoms with Gasteiger partial charge in [-0.15, -0.1) is 0 Å². The van der Waals surface area contributed by atoms with Crippen LogP contribution in [0.2, 0.25) is 0 Å². The highest BCUT2D eigenvalue weighted by atomic mass is 32.2. The minimum Gasteiger partial charge on any atom is -0.467 e. The Kier molecular flexibility index (Phi) is 7.39. The lowest BCUT2D eigenvalue weighted by Gasteiger charge is -2.22. The number of nitrogens with zero attached hydrogens (tertiary/aromatic N) is 1.